The first-order valence-electron chi connectivity index (χ1n) is 5.74. The summed E-state index contributed by atoms with van der Waals surface area (Å²) in [6.45, 7) is 2.88. The fourth-order valence-corrected chi connectivity index (χ4v) is 2.17. The molecule has 3 rings (SSSR count). The van der Waals surface area contributed by atoms with Crippen LogP contribution in [-0.4, -0.2) is 19.7 Å². The standard InChI is InChI=1S/C13H11ClN4/c1-2-18-11-6-4-3-5-9(11)12(17-18)10-7-8-15-13(14)16-10/h3-8H,2H2,1H3. The van der Waals surface area contributed by atoms with Crippen LogP contribution in [0.15, 0.2) is 36.5 Å². The highest BCUT2D eigenvalue weighted by atomic mass is 35.5. The highest BCUT2D eigenvalue weighted by molar-refractivity contribution is 6.28. The summed E-state index contributed by atoms with van der Waals surface area (Å²) in [5, 5.41) is 5.90. The molecule has 0 unspecified atom stereocenters. The van der Waals surface area contributed by atoms with Crippen LogP contribution in [0, 0.1) is 0 Å². The normalized spacial score (nSPS) is 11.0. The number of aromatic nitrogens is 4. The number of para-hydroxylation sites is 1. The lowest BCUT2D eigenvalue weighted by Gasteiger charge is -1.96. The van der Waals surface area contributed by atoms with Crippen molar-refractivity contribution >= 4 is 22.5 Å². The SMILES string of the molecule is CCn1nc(-c2ccnc(Cl)n2)c2ccccc21. The Balaban J connectivity index is 2.29. The van der Waals surface area contributed by atoms with Gasteiger partial charge in [0.25, 0.3) is 0 Å². The summed E-state index contributed by atoms with van der Waals surface area (Å²) in [5.74, 6) is 0. The second-order valence-corrected chi connectivity index (χ2v) is 4.23. The zero-order valence-electron chi connectivity index (χ0n) is 9.84. The van der Waals surface area contributed by atoms with Gasteiger partial charge in [0.05, 0.1) is 11.2 Å². The van der Waals surface area contributed by atoms with Crippen LogP contribution in [0.1, 0.15) is 6.92 Å². The summed E-state index contributed by atoms with van der Waals surface area (Å²) < 4.78 is 1.96. The van der Waals surface area contributed by atoms with E-state index in [-0.39, 0.29) is 5.28 Å². The van der Waals surface area contributed by atoms with Crippen molar-refractivity contribution in [1.82, 2.24) is 19.7 Å². The van der Waals surface area contributed by atoms with Crippen molar-refractivity contribution in [2.24, 2.45) is 0 Å². The van der Waals surface area contributed by atoms with E-state index < -0.39 is 0 Å². The van der Waals surface area contributed by atoms with E-state index in [4.69, 9.17) is 11.6 Å². The van der Waals surface area contributed by atoms with Crippen LogP contribution >= 0.6 is 11.6 Å². The number of hydrogen-bond donors (Lipinski definition) is 0. The van der Waals surface area contributed by atoms with Crippen LogP contribution in [0.5, 0.6) is 0 Å². The molecule has 1 aromatic carbocycles. The largest absolute Gasteiger partial charge is 0.264 e. The van der Waals surface area contributed by atoms with E-state index >= 15 is 0 Å². The Labute approximate surface area is 109 Å². The van der Waals surface area contributed by atoms with Gasteiger partial charge in [-0.15, -0.1) is 0 Å². The van der Waals surface area contributed by atoms with Crippen molar-refractivity contribution in [3.63, 3.8) is 0 Å². The van der Waals surface area contributed by atoms with Crippen LogP contribution < -0.4 is 0 Å². The van der Waals surface area contributed by atoms with Crippen molar-refractivity contribution in [2.75, 3.05) is 0 Å². The zero-order chi connectivity index (χ0) is 12.5. The molecular weight excluding hydrogens is 248 g/mol. The molecule has 0 N–H and O–H groups in total. The number of halogens is 1. The third-order valence-corrected chi connectivity index (χ3v) is 3.01. The van der Waals surface area contributed by atoms with Gasteiger partial charge in [0.15, 0.2) is 0 Å². The summed E-state index contributed by atoms with van der Waals surface area (Å²) in [6, 6.07) is 9.92. The molecule has 0 amide bonds. The van der Waals surface area contributed by atoms with Gasteiger partial charge in [-0.25, -0.2) is 9.97 Å². The molecular formula is C13H11ClN4. The van der Waals surface area contributed by atoms with Crippen molar-refractivity contribution in [3.8, 4) is 11.4 Å². The third kappa shape index (κ3) is 1.75. The van der Waals surface area contributed by atoms with E-state index in [1.54, 1.807) is 6.20 Å². The Bertz CT molecular complexity index is 705. The summed E-state index contributed by atoms with van der Waals surface area (Å²) >= 11 is 5.83. The lowest BCUT2D eigenvalue weighted by atomic mass is 10.1. The Kier molecular flexibility index (Phi) is 2.72. The predicted octanol–water partition coefficient (Wildman–Crippen LogP) is 3.17. The summed E-state index contributed by atoms with van der Waals surface area (Å²) in [6.07, 6.45) is 1.64. The first kappa shape index (κ1) is 11.2. The number of benzene rings is 1. The molecule has 0 aliphatic heterocycles. The maximum absolute atomic E-state index is 5.83. The summed E-state index contributed by atoms with van der Waals surface area (Å²) in [7, 11) is 0. The molecule has 2 heterocycles. The van der Waals surface area contributed by atoms with Crippen molar-refractivity contribution in [2.45, 2.75) is 13.5 Å². The van der Waals surface area contributed by atoms with Gasteiger partial charge in [-0.05, 0) is 30.7 Å². The maximum atomic E-state index is 5.83. The van der Waals surface area contributed by atoms with Crippen LogP contribution in [0.2, 0.25) is 5.28 Å². The molecule has 3 aromatic rings. The molecule has 0 aliphatic carbocycles. The van der Waals surface area contributed by atoms with E-state index in [1.807, 2.05) is 28.9 Å². The molecule has 18 heavy (non-hydrogen) atoms. The van der Waals surface area contributed by atoms with Crippen molar-refractivity contribution in [3.05, 3.63) is 41.8 Å². The van der Waals surface area contributed by atoms with E-state index in [0.29, 0.717) is 0 Å². The van der Waals surface area contributed by atoms with Gasteiger partial charge in [0.1, 0.15) is 5.69 Å². The zero-order valence-corrected chi connectivity index (χ0v) is 10.6. The molecule has 0 spiro atoms. The molecule has 0 fully saturated rings. The molecule has 0 aliphatic rings. The van der Waals surface area contributed by atoms with Gasteiger partial charge < -0.3 is 0 Å². The van der Waals surface area contributed by atoms with Gasteiger partial charge >= 0.3 is 0 Å². The Morgan fingerprint density at radius 2 is 2.06 bits per heavy atom. The lowest BCUT2D eigenvalue weighted by Crippen LogP contribution is -1.96. The minimum absolute atomic E-state index is 0.239. The Morgan fingerprint density at radius 3 is 2.83 bits per heavy atom. The van der Waals surface area contributed by atoms with Gasteiger partial charge in [-0.1, -0.05) is 18.2 Å². The molecule has 0 saturated carbocycles. The quantitative estimate of drug-likeness (QED) is 0.663. The number of hydrogen-bond acceptors (Lipinski definition) is 3. The average Bonchev–Trinajstić information content (AvgIpc) is 2.77. The first-order chi connectivity index (χ1) is 8.79. The van der Waals surface area contributed by atoms with Crippen LogP contribution in [-0.2, 0) is 6.54 Å². The predicted molar refractivity (Wildman–Crippen MR) is 71.4 cm³/mol. The highest BCUT2D eigenvalue weighted by Gasteiger charge is 2.12. The second kappa shape index (κ2) is 4.38. The van der Waals surface area contributed by atoms with Gasteiger partial charge in [0.2, 0.25) is 5.28 Å². The minimum Gasteiger partial charge on any atom is -0.264 e. The molecule has 0 saturated heterocycles. The van der Waals surface area contributed by atoms with Crippen LogP contribution in [0.25, 0.3) is 22.3 Å². The molecule has 90 valence electrons. The third-order valence-electron chi connectivity index (χ3n) is 2.83. The Morgan fingerprint density at radius 1 is 1.22 bits per heavy atom. The molecule has 4 nitrogen and oxygen atoms in total. The summed E-state index contributed by atoms with van der Waals surface area (Å²) in [4.78, 5) is 8.11. The number of nitrogens with zero attached hydrogens (tertiary/aromatic N) is 4. The molecule has 0 atom stereocenters. The minimum atomic E-state index is 0.239. The average molecular weight is 259 g/mol. The van der Waals surface area contributed by atoms with E-state index in [9.17, 15) is 0 Å². The Hall–Kier alpha value is -1.94. The van der Waals surface area contributed by atoms with E-state index in [0.717, 1.165) is 28.8 Å². The van der Waals surface area contributed by atoms with Gasteiger partial charge in [0, 0.05) is 18.1 Å². The summed E-state index contributed by atoms with van der Waals surface area (Å²) in [5.41, 5.74) is 2.69. The monoisotopic (exact) mass is 258 g/mol. The number of rotatable bonds is 2. The van der Waals surface area contributed by atoms with Crippen molar-refractivity contribution in [1.29, 1.82) is 0 Å². The number of aryl methyl sites for hydroxylation is 1. The number of fused-ring (bicyclic) bond motifs is 1. The maximum Gasteiger partial charge on any atom is 0.222 e. The molecule has 2 aromatic heterocycles. The lowest BCUT2D eigenvalue weighted by molar-refractivity contribution is 0.686. The van der Waals surface area contributed by atoms with Crippen LogP contribution in [0.4, 0.5) is 0 Å². The van der Waals surface area contributed by atoms with E-state index in [2.05, 4.69) is 28.1 Å². The molecule has 0 radical (unpaired) electrons. The second-order valence-electron chi connectivity index (χ2n) is 3.89. The highest BCUT2D eigenvalue weighted by Crippen LogP contribution is 2.26. The van der Waals surface area contributed by atoms with Crippen molar-refractivity contribution < 1.29 is 0 Å². The molecule has 0 bridgehead atoms. The van der Waals surface area contributed by atoms with E-state index in [1.165, 1.54) is 0 Å². The first-order valence-corrected chi connectivity index (χ1v) is 6.12. The smallest absolute Gasteiger partial charge is 0.222 e. The fraction of sp³-hybridized carbons (Fsp3) is 0.154. The van der Waals surface area contributed by atoms with Gasteiger partial charge in [-0.3, -0.25) is 4.68 Å². The van der Waals surface area contributed by atoms with Crippen LogP contribution in [0.3, 0.4) is 0 Å². The van der Waals surface area contributed by atoms with Gasteiger partial charge in [-0.2, -0.15) is 5.10 Å². The molecule has 5 heteroatoms. The topological polar surface area (TPSA) is 43.6 Å². The fourth-order valence-electron chi connectivity index (χ4n) is 2.02.